The van der Waals surface area contributed by atoms with Crippen LogP contribution in [0.25, 0.3) is 11.6 Å². The summed E-state index contributed by atoms with van der Waals surface area (Å²) < 4.78 is 0. The van der Waals surface area contributed by atoms with E-state index in [0.29, 0.717) is 11.6 Å². The quantitative estimate of drug-likeness (QED) is 0.281. The van der Waals surface area contributed by atoms with Crippen LogP contribution in [0.5, 0.6) is 0 Å². The normalized spacial score (nSPS) is 18.8. The number of thioether (sulfide) groups is 1. The molecule has 3 aliphatic rings. The van der Waals surface area contributed by atoms with Crippen molar-refractivity contribution in [2.24, 2.45) is 0 Å². The Bertz CT molecular complexity index is 1410. The molecule has 3 heterocycles. The lowest BCUT2D eigenvalue weighted by Crippen LogP contribution is -2.42. The molecule has 1 atom stereocenters. The molecule has 2 aliphatic heterocycles. The molecule has 1 saturated heterocycles. The minimum Gasteiger partial charge on any atom is -0.412 e. The van der Waals surface area contributed by atoms with Crippen LogP contribution in [0.1, 0.15) is 64.1 Å². The van der Waals surface area contributed by atoms with Gasteiger partial charge in [-0.1, -0.05) is 30.3 Å². The molecule has 0 bridgehead atoms. The first-order chi connectivity index (χ1) is 18.5. The third-order valence-corrected chi connectivity index (χ3v) is 8.92. The molecule has 3 aromatic rings. The molecular formula is C31H38N4O4S. The Morgan fingerprint density at radius 2 is 1.88 bits per heavy atom. The van der Waals surface area contributed by atoms with E-state index in [4.69, 9.17) is 0 Å². The summed E-state index contributed by atoms with van der Waals surface area (Å²) in [5, 5.41) is 6.60. The maximum absolute atomic E-state index is 13.7. The fourth-order valence-corrected chi connectivity index (χ4v) is 6.47. The molecule has 1 aromatic heterocycles. The Hall–Kier alpha value is -3.37. The van der Waals surface area contributed by atoms with Crippen molar-refractivity contribution in [3.63, 3.8) is 0 Å². The standard InChI is InChI=1S/C31H34N4O2S.2H2O/c1-19-28(33-20(2)29(19)31(37)35-14-6-9-23(35)17-32-22-10-11-22)16-26-25-15-24(12-13-27(25)34-30(26)36)38-18-21-7-4-3-5-8-21;;/h3-5,7-8,12-13,15-16,22-23,32-33H,6,9-11,14,17-18H2,1-2H3,(H,34,36);2*1H2/b26-16-;;/t23-;;/m0../s1. The van der Waals surface area contributed by atoms with Crippen molar-refractivity contribution >= 4 is 40.9 Å². The largest absolute Gasteiger partial charge is 0.412 e. The van der Waals surface area contributed by atoms with E-state index in [1.54, 1.807) is 11.8 Å². The van der Waals surface area contributed by atoms with E-state index in [2.05, 4.69) is 52.0 Å². The number of aromatic nitrogens is 1. The van der Waals surface area contributed by atoms with E-state index in [-0.39, 0.29) is 28.8 Å². The smallest absolute Gasteiger partial charge is 0.256 e. The highest BCUT2D eigenvalue weighted by atomic mass is 32.2. The Labute approximate surface area is 239 Å². The molecule has 0 spiro atoms. The zero-order chi connectivity index (χ0) is 26.2. The number of likely N-dealkylation sites (tertiary alicyclic amines) is 1. The fourth-order valence-electron chi connectivity index (χ4n) is 5.57. The second-order valence-corrected chi connectivity index (χ2v) is 11.7. The minimum atomic E-state index is -0.115. The zero-order valence-electron chi connectivity index (χ0n) is 23.0. The van der Waals surface area contributed by atoms with E-state index in [0.717, 1.165) is 70.3 Å². The minimum absolute atomic E-state index is 0. The summed E-state index contributed by atoms with van der Waals surface area (Å²) in [5.74, 6) is 0.848. The van der Waals surface area contributed by atoms with Gasteiger partial charge in [-0.15, -0.1) is 11.8 Å². The average molecular weight is 563 g/mol. The molecule has 1 saturated carbocycles. The molecule has 0 radical (unpaired) electrons. The van der Waals surface area contributed by atoms with E-state index in [1.165, 1.54) is 18.4 Å². The summed E-state index contributed by atoms with van der Waals surface area (Å²) in [5.41, 5.74) is 6.92. The number of rotatable bonds is 8. The maximum atomic E-state index is 13.7. The highest BCUT2D eigenvalue weighted by Crippen LogP contribution is 2.37. The first kappa shape index (κ1) is 29.6. The lowest BCUT2D eigenvalue weighted by Gasteiger charge is -2.25. The summed E-state index contributed by atoms with van der Waals surface area (Å²) in [6.07, 6.45) is 6.50. The maximum Gasteiger partial charge on any atom is 0.256 e. The summed E-state index contributed by atoms with van der Waals surface area (Å²) >= 11 is 1.76. The van der Waals surface area contributed by atoms with E-state index >= 15 is 0 Å². The number of hydrogen-bond acceptors (Lipinski definition) is 4. The molecule has 8 nitrogen and oxygen atoms in total. The molecule has 9 heteroatoms. The molecule has 2 aromatic carbocycles. The van der Waals surface area contributed by atoms with Gasteiger partial charge in [-0.2, -0.15) is 0 Å². The number of nitrogens with one attached hydrogen (secondary N) is 3. The summed E-state index contributed by atoms with van der Waals surface area (Å²) in [4.78, 5) is 33.2. The van der Waals surface area contributed by atoms with Gasteiger partial charge in [0, 0.05) is 58.5 Å². The Morgan fingerprint density at radius 1 is 1.10 bits per heavy atom. The molecular weight excluding hydrogens is 524 g/mol. The summed E-state index contributed by atoms with van der Waals surface area (Å²) in [6, 6.07) is 17.4. The average Bonchev–Trinajstić information content (AvgIpc) is 3.44. The number of carbonyl (C=O) groups is 2. The van der Waals surface area contributed by atoms with Gasteiger partial charge in [-0.25, -0.2) is 0 Å². The van der Waals surface area contributed by atoms with Gasteiger partial charge >= 0.3 is 0 Å². The number of amides is 2. The number of aromatic amines is 1. The summed E-state index contributed by atoms with van der Waals surface area (Å²) in [7, 11) is 0. The van der Waals surface area contributed by atoms with Crippen LogP contribution in [-0.4, -0.2) is 57.8 Å². The third kappa shape index (κ3) is 6.02. The van der Waals surface area contributed by atoms with Crippen LogP contribution in [0.4, 0.5) is 5.69 Å². The topological polar surface area (TPSA) is 140 Å². The number of hydrogen-bond donors (Lipinski definition) is 3. The number of benzene rings is 2. The molecule has 40 heavy (non-hydrogen) atoms. The number of H-pyrrole nitrogens is 1. The van der Waals surface area contributed by atoms with Crippen LogP contribution >= 0.6 is 11.8 Å². The van der Waals surface area contributed by atoms with Gasteiger partial charge < -0.3 is 31.5 Å². The predicted octanol–water partition coefficient (Wildman–Crippen LogP) is 4.12. The Morgan fingerprint density at radius 3 is 2.62 bits per heavy atom. The fraction of sp³-hybridized carbons (Fsp3) is 0.355. The monoisotopic (exact) mass is 562 g/mol. The lowest BCUT2D eigenvalue weighted by atomic mass is 10.0. The SMILES string of the molecule is Cc1[nH]c(/C=C2\C(=O)Nc3ccc(SCc4ccccc4)cc32)c(C)c1C(=O)N1CCC[C@H]1CNC1CC1.O.O. The number of carbonyl (C=O) groups excluding carboxylic acids is 2. The summed E-state index contributed by atoms with van der Waals surface area (Å²) in [6.45, 7) is 5.61. The van der Waals surface area contributed by atoms with E-state index in [1.807, 2.05) is 37.0 Å². The number of fused-ring (bicyclic) bond motifs is 1. The Kier molecular flexibility index (Phi) is 9.20. The number of nitrogens with zero attached hydrogens (tertiary/aromatic N) is 1. The molecule has 1 aliphatic carbocycles. The first-order valence-corrected chi connectivity index (χ1v) is 14.5. The van der Waals surface area contributed by atoms with Crippen LogP contribution in [0.2, 0.25) is 0 Å². The van der Waals surface area contributed by atoms with E-state index < -0.39 is 0 Å². The van der Waals surface area contributed by atoms with Gasteiger partial charge in [-0.05, 0) is 74.9 Å². The van der Waals surface area contributed by atoms with Gasteiger partial charge in [0.05, 0.1) is 11.1 Å². The van der Waals surface area contributed by atoms with Crippen LogP contribution in [0.3, 0.4) is 0 Å². The molecule has 2 fully saturated rings. The van der Waals surface area contributed by atoms with Gasteiger partial charge in [-0.3, -0.25) is 9.59 Å². The lowest BCUT2D eigenvalue weighted by molar-refractivity contribution is -0.110. The van der Waals surface area contributed by atoms with Crippen molar-refractivity contribution in [3.05, 3.63) is 82.2 Å². The van der Waals surface area contributed by atoms with Crippen molar-refractivity contribution in [1.82, 2.24) is 15.2 Å². The van der Waals surface area contributed by atoms with Crippen LogP contribution in [0.15, 0.2) is 53.4 Å². The van der Waals surface area contributed by atoms with Crippen LogP contribution < -0.4 is 10.6 Å². The highest BCUT2D eigenvalue weighted by molar-refractivity contribution is 7.98. The zero-order valence-corrected chi connectivity index (χ0v) is 23.8. The first-order valence-electron chi connectivity index (χ1n) is 13.6. The molecule has 7 N–H and O–H groups in total. The molecule has 0 unspecified atom stereocenters. The van der Waals surface area contributed by atoms with Gasteiger partial charge in [0.25, 0.3) is 11.8 Å². The van der Waals surface area contributed by atoms with Gasteiger partial charge in [0.2, 0.25) is 0 Å². The predicted molar refractivity (Wildman–Crippen MR) is 162 cm³/mol. The molecule has 2 amide bonds. The Balaban J connectivity index is 0.00000185. The molecule has 212 valence electrons. The third-order valence-electron chi connectivity index (χ3n) is 7.86. The number of anilines is 1. The van der Waals surface area contributed by atoms with E-state index in [9.17, 15) is 9.59 Å². The van der Waals surface area contributed by atoms with Crippen molar-refractivity contribution in [1.29, 1.82) is 0 Å². The van der Waals surface area contributed by atoms with Crippen LogP contribution in [0, 0.1) is 13.8 Å². The molecule has 6 rings (SSSR count). The highest BCUT2D eigenvalue weighted by Gasteiger charge is 2.33. The second-order valence-electron chi connectivity index (χ2n) is 10.6. The van der Waals surface area contributed by atoms with Crippen molar-refractivity contribution in [2.75, 3.05) is 18.4 Å². The second kappa shape index (κ2) is 12.4. The van der Waals surface area contributed by atoms with Gasteiger partial charge in [0.15, 0.2) is 0 Å². The van der Waals surface area contributed by atoms with Crippen LogP contribution in [-0.2, 0) is 10.5 Å². The number of aryl methyl sites for hydroxylation is 1. The van der Waals surface area contributed by atoms with Crippen molar-refractivity contribution in [2.45, 2.75) is 62.3 Å². The van der Waals surface area contributed by atoms with Crippen molar-refractivity contribution < 1.29 is 20.5 Å². The van der Waals surface area contributed by atoms with Gasteiger partial charge in [0.1, 0.15) is 0 Å². The van der Waals surface area contributed by atoms with Crippen molar-refractivity contribution in [3.8, 4) is 0 Å².